The molecule has 0 saturated carbocycles. The fraction of sp³-hybridized carbons (Fsp3) is 0. The lowest BCUT2D eigenvalue weighted by Gasteiger charge is -2.09. The molecule has 0 aromatic heterocycles. The van der Waals surface area contributed by atoms with E-state index in [0.717, 1.165) is 0 Å². The van der Waals surface area contributed by atoms with Gasteiger partial charge in [-0.3, -0.25) is 9.59 Å². The fourth-order valence-electron chi connectivity index (χ4n) is 1.31. The van der Waals surface area contributed by atoms with Gasteiger partial charge in [-0.2, -0.15) is 0 Å². The standard InChI is InChI=1S/C10H6NO4S/c12-7-10(15)16-8(11-7)5-3-1-2-4-6(5)9(13)14/h1-4H,(H,11,12)(H,13,14). The molecule has 6 heteroatoms. The van der Waals surface area contributed by atoms with E-state index >= 15 is 0 Å². The van der Waals surface area contributed by atoms with Crippen molar-refractivity contribution >= 4 is 28.8 Å². The molecule has 2 rings (SSSR count). The van der Waals surface area contributed by atoms with Crippen molar-refractivity contribution in [3.63, 3.8) is 0 Å². The SMILES string of the molecule is O=C1N[C](c2ccccc2C(=O)O)SC1=O. The molecular weight excluding hydrogens is 230 g/mol. The van der Waals surface area contributed by atoms with Crippen LogP contribution in [-0.4, -0.2) is 22.1 Å². The lowest BCUT2D eigenvalue weighted by atomic mass is 10.1. The Morgan fingerprint density at radius 2 is 1.94 bits per heavy atom. The molecule has 1 radical (unpaired) electrons. The summed E-state index contributed by atoms with van der Waals surface area (Å²) in [5.74, 6) is -1.82. The number of thioether (sulfide) groups is 1. The summed E-state index contributed by atoms with van der Waals surface area (Å²) in [5, 5.41) is 10.9. The van der Waals surface area contributed by atoms with E-state index in [1.54, 1.807) is 18.2 Å². The second-order valence-corrected chi connectivity index (χ2v) is 4.01. The van der Waals surface area contributed by atoms with Crippen LogP contribution < -0.4 is 5.32 Å². The zero-order valence-corrected chi connectivity index (χ0v) is 8.71. The van der Waals surface area contributed by atoms with Gasteiger partial charge >= 0.3 is 5.97 Å². The first-order valence-corrected chi connectivity index (χ1v) is 5.14. The highest BCUT2D eigenvalue weighted by molar-refractivity contribution is 8.18. The minimum Gasteiger partial charge on any atom is -0.478 e. The van der Waals surface area contributed by atoms with Gasteiger partial charge in [-0.15, -0.1) is 0 Å². The van der Waals surface area contributed by atoms with Crippen molar-refractivity contribution in [2.24, 2.45) is 0 Å². The van der Waals surface area contributed by atoms with E-state index in [-0.39, 0.29) is 10.9 Å². The summed E-state index contributed by atoms with van der Waals surface area (Å²) >= 11 is 0.712. The number of nitrogens with one attached hydrogen (secondary N) is 1. The number of hydrogen-bond donors (Lipinski definition) is 2. The fourth-order valence-corrected chi connectivity index (χ4v) is 2.07. The smallest absolute Gasteiger partial charge is 0.336 e. The first-order chi connectivity index (χ1) is 7.59. The Labute approximate surface area is 94.8 Å². The van der Waals surface area contributed by atoms with Crippen LogP contribution in [0.1, 0.15) is 15.9 Å². The lowest BCUT2D eigenvalue weighted by molar-refractivity contribution is -0.131. The van der Waals surface area contributed by atoms with Gasteiger partial charge in [0.25, 0.3) is 11.0 Å². The minimum atomic E-state index is -1.10. The zero-order chi connectivity index (χ0) is 11.7. The normalized spacial score (nSPS) is 16.2. The molecule has 1 aliphatic heterocycles. The summed E-state index contributed by atoms with van der Waals surface area (Å²) in [6.07, 6.45) is 0. The van der Waals surface area contributed by atoms with Crippen LogP contribution >= 0.6 is 11.8 Å². The molecule has 1 aliphatic rings. The van der Waals surface area contributed by atoms with Crippen LogP contribution in [0.5, 0.6) is 0 Å². The number of rotatable bonds is 2. The number of carbonyl (C=O) groups excluding carboxylic acids is 2. The summed E-state index contributed by atoms with van der Waals surface area (Å²) in [6, 6.07) is 6.19. The Bertz CT molecular complexity index is 469. The van der Waals surface area contributed by atoms with Gasteiger partial charge in [0.1, 0.15) is 0 Å². The van der Waals surface area contributed by atoms with E-state index in [2.05, 4.69) is 5.32 Å². The summed E-state index contributed by atoms with van der Waals surface area (Å²) in [7, 11) is 0. The van der Waals surface area contributed by atoms with E-state index in [1.165, 1.54) is 6.07 Å². The molecule has 1 saturated heterocycles. The third-order valence-corrected chi connectivity index (χ3v) is 2.91. The van der Waals surface area contributed by atoms with Gasteiger partial charge in [0.2, 0.25) is 0 Å². The summed E-state index contributed by atoms with van der Waals surface area (Å²) in [6.45, 7) is 0. The van der Waals surface area contributed by atoms with E-state index < -0.39 is 17.0 Å². The summed E-state index contributed by atoms with van der Waals surface area (Å²) in [5.41, 5.74) is 0.402. The highest BCUT2D eigenvalue weighted by atomic mass is 32.2. The van der Waals surface area contributed by atoms with E-state index in [9.17, 15) is 14.4 Å². The largest absolute Gasteiger partial charge is 0.478 e. The first-order valence-electron chi connectivity index (χ1n) is 4.32. The van der Waals surface area contributed by atoms with Crippen molar-refractivity contribution in [1.82, 2.24) is 5.32 Å². The van der Waals surface area contributed by atoms with Crippen molar-refractivity contribution in [3.05, 3.63) is 40.8 Å². The van der Waals surface area contributed by atoms with Gasteiger partial charge in [0.15, 0.2) is 5.37 Å². The van der Waals surface area contributed by atoms with Crippen molar-refractivity contribution in [2.75, 3.05) is 0 Å². The molecule has 2 N–H and O–H groups in total. The molecule has 1 fully saturated rings. The molecule has 1 heterocycles. The maximum absolute atomic E-state index is 11.0. The van der Waals surface area contributed by atoms with Crippen LogP contribution in [0.2, 0.25) is 0 Å². The number of carboxylic acid groups (broad SMARTS) is 1. The summed E-state index contributed by atoms with van der Waals surface area (Å²) in [4.78, 5) is 32.9. The number of aromatic carboxylic acids is 1. The summed E-state index contributed by atoms with van der Waals surface area (Å²) < 4.78 is 0. The maximum atomic E-state index is 11.0. The number of carbonyl (C=O) groups is 3. The third-order valence-electron chi connectivity index (χ3n) is 2.01. The second-order valence-electron chi connectivity index (χ2n) is 3.02. The molecule has 0 spiro atoms. The lowest BCUT2D eigenvalue weighted by Crippen LogP contribution is -2.22. The predicted molar refractivity (Wildman–Crippen MR) is 56.5 cm³/mol. The van der Waals surface area contributed by atoms with Crippen LogP contribution in [0, 0.1) is 5.37 Å². The highest BCUT2D eigenvalue weighted by Gasteiger charge is 2.34. The highest BCUT2D eigenvalue weighted by Crippen LogP contribution is 2.32. The van der Waals surface area contributed by atoms with Gasteiger partial charge < -0.3 is 10.4 Å². The van der Waals surface area contributed by atoms with Crippen LogP contribution in [0.3, 0.4) is 0 Å². The maximum Gasteiger partial charge on any atom is 0.336 e. The average Bonchev–Trinajstić information content (AvgIpc) is 2.59. The molecule has 0 bridgehead atoms. The third kappa shape index (κ3) is 1.79. The van der Waals surface area contributed by atoms with Crippen molar-refractivity contribution in [3.8, 4) is 0 Å². The quantitative estimate of drug-likeness (QED) is 0.735. The van der Waals surface area contributed by atoms with E-state index in [0.29, 0.717) is 17.3 Å². The van der Waals surface area contributed by atoms with Crippen molar-refractivity contribution in [2.45, 2.75) is 0 Å². The Morgan fingerprint density at radius 1 is 1.25 bits per heavy atom. The number of benzene rings is 1. The van der Waals surface area contributed by atoms with Gasteiger partial charge in [0.05, 0.1) is 5.56 Å². The van der Waals surface area contributed by atoms with Gasteiger partial charge in [-0.1, -0.05) is 18.2 Å². The number of amides is 1. The van der Waals surface area contributed by atoms with Crippen LogP contribution in [0.15, 0.2) is 24.3 Å². The van der Waals surface area contributed by atoms with Crippen LogP contribution in [0.25, 0.3) is 0 Å². The van der Waals surface area contributed by atoms with Crippen LogP contribution in [0.4, 0.5) is 0 Å². The molecule has 81 valence electrons. The van der Waals surface area contributed by atoms with Gasteiger partial charge in [-0.25, -0.2) is 4.79 Å². The van der Waals surface area contributed by atoms with Crippen molar-refractivity contribution in [1.29, 1.82) is 0 Å². The van der Waals surface area contributed by atoms with E-state index in [4.69, 9.17) is 5.11 Å². The average molecular weight is 236 g/mol. The Kier molecular flexibility index (Phi) is 2.66. The zero-order valence-electron chi connectivity index (χ0n) is 7.89. The molecule has 16 heavy (non-hydrogen) atoms. The molecule has 5 nitrogen and oxygen atoms in total. The molecular formula is C10H6NO4S. The second kappa shape index (κ2) is 3.97. The molecule has 1 amide bonds. The van der Waals surface area contributed by atoms with Gasteiger partial charge in [0, 0.05) is 5.56 Å². The molecule has 0 aliphatic carbocycles. The Morgan fingerprint density at radius 3 is 2.50 bits per heavy atom. The minimum absolute atomic E-state index is 0.0556. The number of carboxylic acids is 1. The molecule has 1 aromatic carbocycles. The van der Waals surface area contributed by atoms with Crippen molar-refractivity contribution < 1.29 is 19.5 Å². The Hall–Kier alpha value is -1.82. The van der Waals surface area contributed by atoms with E-state index in [1.807, 2.05) is 0 Å². The Balaban J connectivity index is 2.38. The molecule has 0 atom stereocenters. The predicted octanol–water partition coefficient (Wildman–Crippen LogP) is 0.612. The number of hydrogen-bond acceptors (Lipinski definition) is 4. The van der Waals surface area contributed by atoms with Gasteiger partial charge in [-0.05, 0) is 17.8 Å². The van der Waals surface area contributed by atoms with Crippen LogP contribution in [-0.2, 0) is 9.59 Å². The monoisotopic (exact) mass is 236 g/mol. The molecule has 1 aromatic rings. The first kappa shape index (κ1) is 10.7. The topological polar surface area (TPSA) is 83.5 Å². The molecule has 0 unspecified atom stereocenters.